The van der Waals surface area contributed by atoms with Crippen molar-refractivity contribution >= 4 is 84.8 Å². The number of thioether (sulfide) groups is 1. The van der Waals surface area contributed by atoms with E-state index in [9.17, 15) is 9.59 Å². The third-order valence-electron chi connectivity index (χ3n) is 4.09. The lowest BCUT2D eigenvalue weighted by atomic mass is 10.1. The predicted molar refractivity (Wildman–Crippen MR) is 136 cm³/mol. The van der Waals surface area contributed by atoms with Crippen LogP contribution in [0.1, 0.15) is 18.1 Å². The molecule has 2 aromatic carbocycles. The molecule has 6 nitrogen and oxygen atoms in total. The van der Waals surface area contributed by atoms with Crippen LogP contribution in [-0.2, 0) is 16.2 Å². The van der Waals surface area contributed by atoms with Gasteiger partial charge in [0.2, 0.25) is 0 Å². The molecule has 0 radical (unpaired) electrons. The summed E-state index contributed by atoms with van der Waals surface area (Å²) in [5.41, 5.74) is 1.73. The average Bonchev–Trinajstić information content (AvgIpc) is 2.96. The molecule has 1 saturated heterocycles. The van der Waals surface area contributed by atoms with Crippen molar-refractivity contribution in [1.82, 2.24) is 4.90 Å². The van der Waals surface area contributed by atoms with Crippen LogP contribution in [0.3, 0.4) is 0 Å². The average molecular weight is 634 g/mol. The smallest absolute Gasteiger partial charge is 0.323 e. The lowest BCUT2D eigenvalue weighted by Gasteiger charge is -2.15. The normalized spacial score (nSPS) is 14.9. The van der Waals surface area contributed by atoms with Crippen molar-refractivity contribution in [3.63, 3.8) is 0 Å². The number of thiocarbonyl (C=S) groups is 1. The molecule has 0 bridgehead atoms. The fourth-order valence-electron chi connectivity index (χ4n) is 2.73. The maximum atomic E-state index is 12.5. The van der Waals surface area contributed by atoms with Crippen LogP contribution in [0.5, 0.6) is 11.5 Å². The molecule has 1 aliphatic heterocycles. The van der Waals surface area contributed by atoms with Gasteiger partial charge in [-0.3, -0.25) is 14.5 Å². The number of carboxylic acid groups (broad SMARTS) is 1. The first-order valence-corrected chi connectivity index (χ1v) is 12.2. The highest BCUT2D eigenvalue weighted by Crippen LogP contribution is 2.39. The molecule has 0 atom stereocenters. The first-order valence-electron chi connectivity index (χ1n) is 9.09. The molecular formula is C21H17BrINO5S2. The second-order valence-electron chi connectivity index (χ2n) is 6.34. The van der Waals surface area contributed by atoms with Gasteiger partial charge in [0.15, 0.2) is 11.5 Å². The molecule has 1 heterocycles. The number of ether oxygens (including phenoxy) is 2. The van der Waals surface area contributed by atoms with Crippen molar-refractivity contribution < 1.29 is 24.2 Å². The number of hydrogen-bond acceptors (Lipinski definition) is 6. The number of halogens is 2. The van der Waals surface area contributed by atoms with E-state index in [1.165, 1.54) is 0 Å². The van der Waals surface area contributed by atoms with Crippen LogP contribution in [0.15, 0.2) is 45.8 Å². The molecule has 1 N–H and O–H groups in total. The van der Waals surface area contributed by atoms with Gasteiger partial charge in [0.1, 0.15) is 17.5 Å². The Balaban J connectivity index is 1.85. The Hall–Kier alpha value is -1.63. The topological polar surface area (TPSA) is 76.1 Å². The standard InChI is InChI=1S/C21H17BrINO5S2/c1-2-28-16-8-13(9-17-20(27)24(10-18(25)26)21(30)31-17)7-15(22)19(16)29-11-12-3-5-14(23)6-4-12/h3-9H,2,10-11H2,1H3,(H,25,26). The number of benzene rings is 2. The van der Waals surface area contributed by atoms with Gasteiger partial charge in [0.25, 0.3) is 5.91 Å². The number of rotatable bonds is 8. The van der Waals surface area contributed by atoms with E-state index in [1.807, 2.05) is 37.3 Å². The van der Waals surface area contributed by atoms with E-state index in [2.05, 4.69) is 38.5 Å². The van der Waals surface area contributed by atoms with Crippen molar-refractivity contribution in [2.24, 2.45) is 0 Å². The first kappa shape index (κ1) is 24.0. The summed E-state index contributed by atoms with van der Waals surface area (Å²) >= 11 is 12.0. The van der Waals surface area contributed by atoms with Crippen LogP contribution in [0.2, 0.25) is 0 Å². The number of carbonyl (C=O) groups excluding carboxylic acids is 1. The minimum Gasteiger partial charge on any atom is -0.490 e. The van der Waals surface area contributed by atoms with Gasteiger partial charge >= 0.3 is 5.97 Å². The summed E-state index contributed by atoms with van der Waals surface area (Å²) in [6.07, 6.45) is 1.66. The minimum atomic E-state index is -1.12. The number of nitrogens with zero attached hydrogens (tertiary/aromatic N) is 1. The van der Waals surface area contributed by atoms with Crippen LogP contribution in [0.4, 0.5) is 0 Å². The Morgan fingerprint density at radius 2 is 2.00 bits per heavy atom. The summed E-state index contributed by atoms with van der Waals surface area (Å²) in [5.74, 6) is -0.440. The molecule has 0 aliphatic carbocycles. The van der Waals surface area contributed by atoms with Crippen LogP contribution < -0.4 is 9.47 Å². The summed E-state index contributed by atoms with van der Waals surface area (Å²) in [6.45, 7) is 2.24. The van der Waals surface area contributed by atoms with Gasteiger partial charge in [0.05, 0.1) is 16.0 Å². The van der Waals surface area contributed by atoms with Gasteiger partial charge in [-0.1, -0.05) is 36.1 Å². The van der Waals surface area contributed by atoms with Gasteiger partial charge in [-0.15, -0.1) is 0 Å². The number of carboxylic acids is 1. The lowest BCUT2D eigenvalue weighted by Crippen LogP contribution is -2.33. The summed E-state index contributed by atoms with van der Waals surface area (Å²) in [5, 5.41) is 8.97. The SMILES string of the molecule is CCOc1cc(C=C2SC(=S)N(CC(=O)O)C2=O)cc(Br)c1OCc1ccc(I)cc1. The molecule has 1 amide bonds. The fraction of sp³-hybridized carbons (Fsp3) is 0.190. The zero-order valence-corrected chi connectivity index (χ0v) is 21.6. The van der Waals surface area contributed by atoms with Gasteiger partial charge in [-0.25, -0.2) is 0 Å². The van der Waals surface area contributed by atoms with Crippen molar-refractivity contribution in [3.8, 4) is 11.5 Å². The Labute approximate surface area is 211 Å². The largest absolute Gasteiger partial charge is 0.490 e. The number of hydrogen-bond donors (Lipinski definition) is 1. The van der Waals surface area contributed by atoms with E-state index < -0.39 is 18.4 Å². The van der Waals surface area contributed by atoms with Gasteiger partial charge in [-0.2, -0.15) is 0 Å². The highest BCUT2D eigenvalue weighted by molar-refractivity contribution is 14.1. The summed E-state index contributed by atoms with van der Waals surface area (Å²) in [6, 6.07) is 11.6. The molecule has 31 heavy (non-hydrogen) atoms. The predicted octanol–water partition coefficient (Wildman–Crippen LogP) is 5.32. The number of carbonyl (C=O) groups is 2. The van der Waals surface area contributed by atoms with Crippen molar-refractivity contribution in [2.45, 2.75) is 13.5 Å². The molecule has 1 fully saturated rings. The maximum absolute atomic E-state index is 12.5. The molecule has 0 saturated carbocycles. The fourth-order valence-corrected chi connectivity index (χ4v) is 4.92. The minimum absolute atomic E-state index is 0.222. The maximum Gasteiger partial charge on any atom is 0.323 e. The summed E-state index contributed by atoms with van der Waals surface area (Å²) < 4.78 is 13.8. The third-order valence-corrected chi connectivity index (χ3v) is 6.78. The quantitative estimate of drug-likeness (QED) is 0.240. The second kappa shape index (κ2) is 10.8. The van der Waals surface area contributed by atoms with Gasteiger partial charge in [0, 0.05) is 3.57 Å². The molecule has 0 aromatic heterocycles. The lowest BCUT2D eigenvalue weighted by molar-refractivity contribution is -0.140. The Kier molecular flexibility index (Phi) is 8.36. The third kappa shape index (κ3) is 6.21. The number of aliphatic carboxylic acids is 1. The monoisotopic (exact) mass is 633 g/mol. The summed E-state index contributed by atoms with van der Waals surface area (Å²) in [7, 11) is 0. The Bertz CT molecular complexity index is 1060. The van der Waals surface area contributed by atoms with Crippen molar-refractivity contribution in [1.29, 1.82) is 0 Å². The summed E-state index contributed by atoms with van der Waals surface area (Å²) in [4.78, 5) is 24.9. The van der Waals surface area contributed by atoms with E-state index in [0.717, 1.165) is 25.8 Å². The molecule has 162 valence electrons. The molecule has 10 heteroatoms. The van der Waals surface area contributed by atoms with Gasteiger partial charge < -0.3 is 14.6 Å². The second-order valence-corrected chi connectivity index (χ2v) is 10.1. The van der Waals surface area contributed by atoms with E-state index in [0.29, 0.717) is 39.7 Å². The van der Waals surface area contributed by atoms with Crippen molar-refractivity contribution in [2.75, 3.05) is 13.2 Å². The van der Waals surface area contributed by atoms with Crippen molar-refractivity contribution in [3.05, 3.63) is 60.5 Å². The molecule has 1 aliphatic rings. The Morgan fingerprint density at radius 1 is 1.29 bits per heavy atom. The number of amides is 1. The van der Waals surface area contributed by atoms with Crippen LogP contribution in [0, 0.1) is 3.57 Å². The Morgan fingerprint density at radius 3 is 2.65 bits per heavy atom. The first-order chi connectivity index (χ1) is 14.8. The van der Waals surface area contributed by atoms with Gasteiger partial charge in [-0.05, 0) is 86.9 Å². The zero-order chi connectivity index (χ0) is 22.5. The van der Waals surface area contributed by atoms with E-state index in [1.54, 1.807) is 12.1 Å². The zero-order valence-electron chi connectivity index (χ0n) is 16.3. The molecule has 2 aromatic rings. The van der Waals surface area contributed by atoms with E-state index >= 15 is 0 Å². The highest BCUT2D eigenvalue weighted by atomic mass is 127. The van der Waals surface area contributed by atoms with Crippen LogP contribution >= 0.6 is 62.5 Å². The molecule has 3 rings (SSSR count). The van der Waals surface area contributed by atoms with E-state index in [-0.39, 0.29) is 4.32 Å². The van der Waals surface area contributed by atoms with E-state index in [4.69, 9.17) is 26.8 Å². The highest BCUT2D eigenvalue weighted by Gasteiger charge is 2.33. The molecular weight excluding hydrogens is 617 g/mol. The molecule has 0 unspecified atom stereocenters. The van der Waals surface area contributed by atoms with Crippen LogP contribution in [0.25, 0.3) is 6.08 Å². The van der Waals surface area contributed by atoms with Crippen LogP contribution in [-0.4, -0.2) is 39.4 Å². The molecule has 0 spiro atoms.